The van der Waals surface area contributed by atoms with Gasteiger partial charge in [0.1, 0.15) is 0 Å². The Morgan fingerprint density at radius 3 is 2.30 bits per heavy atom. The summed E-state index contributed by atoms with van der Waals surface area (Å²) in [4.78, 5) is 23.2. The van der Waals surface area contributed by atoms with Crippen LogP contribution in [-0.2, 0) is 9.59 Å². The van der Waals surface area contributed by atoms with Crippen molar-refractivity contribution in [3.05, 3.63) is 0 Å². The zero-order valence-corrected chi connectivity index (χ0v) is 13.0. The zero-order chi connectivity index (χ0) is 14.5. The molecular formula is C15H25NO3S. The molecule has 2 N–H and O–H groups in total. The molecule has 0 aliphatic heterocycles. The molecule has 0 aromatic heterocycles. The molecule has 20 heavy (non-hydrogen) atoms. The fourth-order valence-corrected chi connectivity index (χ4v) is 4.24. The maximum Gasteiger partial charge on any atom is 0.306 e. The summed E-state index contributed by atoms with van der Waals surface area (Å²) >= 11 is 1.90. The molecule has 2 fully saturated rings. The molecule has 1 amide bonds. The molecule has 4 nitrogen and oxygen atoms in total. The highest BCUT2D eigenvalue weighted by Gasteiger charge is 2.31. The van der Waals surface area contributed by atoms with Gasteiger partial charge in [-0.3, -0.25) is 9.59 Å². The van der Waals surface area contributed by atoms with Crippen molar-refractivity contribution in [1.29, 1.82) is 0 Å². The molecule has 2 saturated carbocycles. The van der Waals surface area contributed by atoms with Gasteiger partial charge in [0.05, 0.1) is 5.92 Å². The van der Waals surface area contributed by atoms with Gasteiger partial charge in [0.2, 0.25) is 5.91 Å². The van der Waals surface area contributed by atoms with Crippen LogP contribution in [0, 0.1) is 11.8 Å². The molecular weight excluding hydrogens is 274 g/mol. The highest BCUT2D eigenvalue weighted by Crippen LogP contribution is 2.30. The van der Waals surface area contributed by atoms with Crippen molar-refractivity contribution in [3.63, 3.8) is 0 Å². The molecule has 114 valence electrons. The van der Waals surface area contributed by atoms with Crippen LogP contribution < -0.4 is 5.32 Å². The summed E-state index contributed by atoms with van der Waals surface area (Å²) in [6, 6.07) is 0.325. The van der Waals surface area contributed by atoms with Crippen LogP contribution in [0.15, 0.2) is 0 Å². The third-order valence-corrected chi connectivity index (χ3v) is 5.85. The number of carboxylic acid groups (broad SMARTS) is 1. The van der Waals surface area contributed by atoms with Crippen LogP contribution in [0.5, 0.6) is 0 Å². The van der Waals surface area contributed by atoms with E-state index < -0.39 is 5.97 Å². The first-order valence-corrected chi connectivity index (χ1v) is 8.95. The lowest BCUT2D eigenvalue weighted by Gasteiger charge is -2.31. The van der Waals surface area contributed by atoms with Crippen molar-refractivity contribution in [2.75, 3.05) is 6.26 Å². The molecule has 2 aliphatic carbocycles. The lowest BCUT2D eigenvalue weighted by atomic mass is 9.81. The van der Waals surface area contributed by atoms with Crippen molar-refractivity contribution in [3.8, 4) is 0 Å². The van der Waals surface area contributed by atoms with E-state index in [1.807, 2.05) is 11.8 Å². The Balaban J connectivity index is 1.76. The van der Waals surface area contributed by atoms with E-state index in [0.717, 1.165) is 25.7 Å². The molecule has 0 saturated heterocycles. The van der Waals surface area contributed by atoms with Crippen LogP contribution in [0.3, 0.4) is 0 Å². The summed E-state index contributed by atoms with van der Waals surface area (Å²) in [6.07, 6.45) is 9.51. The summed E-state index contributed by atoms with van der Waals surface area (Å²) in [5.74, 6) is -0.769. The number of hydrogen-bond acceptors (Lipinski definition) is 3. The van der Waals surface area contributed by atoms with Crippen LogP contribution in [0.25, 0.3) is 0 Å². The number of carbonyl (C=O) groups is 2. The van der Waals surface area contributed by atoms with E-state index in [1.165, 1.54) is 12.8 Å². The van der Waals surface area contributed by atoms with Crippen LogP contribution in [0.2, 0.25) is 0 Å². The minimum Gasteiger partial charge on any atom is -0.481 e. The molecule has 0 radical (unpaired) electrons. The second kappa shape index (κ2) is 7.34. The molecule has 5 heteroatoms. The number of carboxylic acids is 1. The van der Waals surface area contributed by atoms with Gasteiger partial charge < -0.3 is 10.4 Å². The zero-order valence-electron chi connectivity index (χ0n) is 12.1. The number of nitrogens with one attached hydrogen (secondary N) is 1. The first-order chi connectivity index (χ1) is 9.60. The molecule has 0 aromatic carbocycles. The highest BCUT2D eigenvalue weighted by atomic mass is 32.2. The first-order valence-electron chi connectivity index (χ1n) is 7.66. The molecule has 2 unspecified atom stereocenters. The van der Waals surface area contributed by atoms with Gasteiger partial charge in [-0.25, -0.2) is 0 Å². The van der Waals surface area contributed by atoms with Gasteiger partial charge in [-0.05, 0) is 51.2 Å². The van der Waals surface area contributed by atoms with Crippen molar-refractivity contribution >= 4 is 23.6 Å². The van der Waals surface area contributed by atoms with Crippen LogP contribution in [0.4, 0.5) is 0 Å². The topological polar surface area (TPSA) is 66.4 Å². The van der Waals surface area contributed by atoms with Gasteiger partial charge in [0.15, 0.2) is 0 Å². The Morgan fingerprint density at radius 2 is 1.70 bits per heavy atom. The number of rotatable bonds is 4. The normalized spacial score (nSPS) is 34.5. The number of amides is 1. The minimum atomic E-state index is -0.709. The second-order valence-corrected chi connectivity index (χ2v) is 7.25. The molecule has 0 bridgehead atoms. The van der Waals surface area contributed by atoms with Gasteiger partial charge in [-0.1, -0.05) is 6.42 Å². The third kappa shape index (κ3) is 4.14. The van der Waals surface area contributed by atoms with E-state index in [-0.39, 0.29) is 17.7 Å². The number of thioether (sulfide) groups is 1. The summed E-state index contributed by atoms with van der Waals surface area (Å²) in [7, 11) is 0. The highest BCUT2D eigenvalue weighted by molar-refractivity contribution is 7.99. The van der Waals surface area contributed by atoms with E-state index in [1.54, 1.807) is 0 Å². The number of carbonyl (C=O) groups excluding carboxylic acids is 1. The standard InChI is InChI=1S/C15H25NO3S/c1-20-13-4-2-3-12(9-13)16-14(17)10-5-7-11(8-6-10)15(18)19/h10-13H,2-9H2,1H3,(H,16,17)(H,18,19). The molecule has 0 heterocycles. The molecule has 2 aliphatic rings. The molecule has 2 atom stereocenters. The summed E-state index contributed by atoms with van der Waals surface area (Å²) in [5, 5.41) is 12.9. The van der Waals surface area contributed by atoms with Crippen molar-refractivity contribution in [2.45, 2.75) is 62.7 Å². The van der Waals surface area contributed by atoms with Gasteiger partial charge in [-0.15, -0.1) is 0 Å². The Hall–Kier alpha value is -0.710. The fourth-order valence-electron chi connectivity index (χ4n) is 3.41. The van der Waals surface area contributed by atoms with E-state index in [0.29, 0.717) is 24.1 Å². The first kappa shape index (κ1) is 15.7. The van der Waals surface area contributed by atoms with Crippen LogP contribution >= 0.6 is 11.8 Å². The molecule has 0 aromatic rings. The van der Waals surface area contributed by atoms with Gasteiger partial charge in [0.25, 0.3) is 0 Å². The Labute approximate surface area is 125 Å². The van der Waals surface area contributed by atoms with E-state index in [9.17, 15) is 9.59 Å². The molecule has 0 spiro atoms. The van der Waals surface area contributed by atoms with E-state index >= 15 is 0 Å². The second-order valence-electron chi connectivity index (χ2n) is 6.12. The predicted octanol–water partition coefficient (Wildman–Crippen LogP) is 2.67. The summed E-state index contributed by atoms with van der Waals surface area (Å²) < 4.78 is 0. The smallest absolute Gasteiger partial charge is 0.306 e. The van der Waals surface area contributed by atoms with Gasteiger partial charge in [-0.2, -0.15) is 11.8 Å². The lowest BCUT2D eigenvalue weighted by Crippen LogP contribution is -2.43. The number of aliphatic carboxylic acids is 1. The summed E-state index contributed by atoms with van der Waals surface area (Å²) in [6.45, 7) is 0. The van der Waals surface area contributed by atoms with Crippen LogP contribution in [-0.4, -0.2) is 34.5 Å². The molecule has 2 rings (SSSR count). The number of hydrogen-bond donors (Lipinski definition) is 2. The monoisotopic (exact) mass is 299 g/mol. The average molecular weight is 299 g/mol. The maximum absolute atomic E-state index is 12.3. The SMILES string of the molecule is CSC1CCCC(NC(=O)C2CCC(C(=O)O)CC2)C1. The summed E-state index contributed by atoms with van der Waals surface area (Å²) in [5.41, 5.74) is 0. The maximum atomic E-state index is 12.3. The van der Waals surface area contributed by atoms with Gasteiger partial charge in [0, 0.05) is 17.2 Å². The van der Waals surface area contributed by atoms with Crippen molar-refractivity contribution < 1.29 is 14.7 Å². The third-order valence-electron chi connectivity index (χ3n) is 4.75. The van der Waals surface area contributed by atoms with Crippen LogP contribution in [0.1, 0.15) is 51.4 Å². The van der Waals surface area contributed by atoms with E-state index in [4.69, 9.17) is 5.11 Å². The Bertz CT molecular complexity index is 353. The Kier molecular flexibility index (Phi) is 5.75. The quantitative estimate of drug-likeness (QED) is 0.837. The predicted molar refractivity (Wildman–Crippen MR) is 80.8 cm³/mol. The lowest BCUT2D eigenvalue weighted by molar-refractivity contribution is -0.144. The van der Waals surface area contributed by atoms with Crippen molar-refractivity contribution in [2.24, 2.45) is 11.8 Å². The average Bonchev–Trinajstić information content (AvgIpc) is 2.47. The Morgan fingerprint density at radius 1 is 1.05 bits per heavy atom. The van der Waals surface area contributed by atoms with E-state index in [2.05, 4.69) is 11.6 Å². The minimum absolute atomic E-state index is 0.0280. The fraction of sp³-hybridized carbons (Fsp3) is 0.867. The largest absolute Gasteiger partial charge is 0.481 e. The van der Waals surface area contributed by atoms with Gasteiger partial charge >= 0.3 is 5.97 Å². The van der Waals surface area contributed by atoms with Crippen molar-refractivity contribution in [1.82, 2.24) is 5.32 Å².